The quantitative estimate of drug-likeness (QED) is 0.532. The predicted molar refractivity (Wildman–Crippen MR) is 59.1 cm³/mol. The molecule has 0 bridgehead atoms. The van der Waals surface area contributed by atoms with E-state index in [4.69, 9.17) is 11.6 Å². The number of dihydropyridines is 1. The van der Waals surface area contributed by atoms with Crippen LogP contribution in [0, 0.1) is 0 Å². The number of hydrogen-bond acceptors (Lipinski definition) is 2. The summed E-state index contributed by atoms with van der Waals surface area (Å²) in [5.41, 5.74) is 0.0320. The molecule has 1 aliphatic heterocycles. The number of aliphatic imine (C=N–C) groups is 1. The van der Waals surface area contributed by atoms with E-state index in [1.54, 1.807) is 37.4 Å². The SMILES string of the molecule is CC1(c2ccnc(Cl)c2)C=CC=NC1F. The van der Waals surface area contributed by atoms with Gasteiger partial charge < -0.3 is 0 Å². The molecule has 0 aromatic carbocycles. The zero-order chi connectivity index (χ0) is 10.9. The largest absolute Gasteiger partial charge is 0.256 e. The fraction of sp³-hybridized carbons (Fsp3) is 0.273. The zero-order valence-electron chi connectivity index (χ0n) is 8.19. The molecule has 0 amide bonds. The molecule has 2 unspecified atom stereocenters. The topological polar surface area (TPSA) is 25.2 Å². The van der Waals surface area contributed by atoms with Gasteiger partial charge in [0.15, 0.2) is 0 Å². The van der Waals surface area contributed by atoms with Crippen LogP contribution >= 0.6 is 11.6 Å². The van der Waals surface area contributed by atoms with Crippen molar-refractivity contribution in [2.75, 3.05) is 0 Å². The minimum absolute atomic E-state index is 0.365. The molecule has 0 fully saturated rings. The van der Waals surface area contributed by atoms with Gasteiger partial charge in [-0.15, -0.1) is 0 Å². The highest BCUT2D eigenvalue weighted by Gasteiger charge is 2.35. The Bertz CT molecular complexity index is 430. The Hall–Kier alpha value is -1.22. The Labute approximate surface area is 92.5 Å². The number of alkyl halides is 1. The van der Waals surface area contributed by atoms with E-state index in [-0.39, 0.29) is 0 Å². The van der Waals surface area contributed by atoms with Crippen LogP contribution in [0.15, 0.2) is 35.5 Å². The van der Waals surface area contributed by atoms with Crippen LogP contribution in [0.5, 0.6) is 0 Å². The van der Waals surface area contributed by atoms with Crippen molar-refractivity contribution in [1.82, 2.24) is 4.98 Å². The van der Waals surface area contributed by atoms with Crippen molar-refractivity contribution in [3.8, 4) is 0 Å². The van der Waals surface area contributed by atoms with Crippen LogP contribution in [0.3, 0.4) is 0 Å². The Morgan fingerprint density at radius 2 is 2.33 bits per heavy atom. The van der Waals surface area contributed by atoms with Gasteiger partial charge in [0, 0.05) is 12.4 Å². The second-order valence-corrected chi connectivity index (χ2v) is 4.03. The third-order valence-corrected chi connectivity index (χ3v) is 2.80. The van der Waals surface area contributed by atoms with Crippen molar-refractivity contribution in [2.24, 2.45) is 4.99 Å². The minimum atomic E-state index is -1.28. The second kappa shape index (κ2) is 3.74. The predicted octanol–water partition coefficient (Wildman–Crippen LogP) is 2.93. The molecule has 4 heteroatoms. The van der Waals surface area contributed by atoms with Crippen molar-refractivity contribution in [1.29, 1.82) is 0 Å². The molecular formula is C11H10ClFN2. The highest BCUT2D eigenvalue weighted by Crippen LogP contribution is 2.34. The van der Waals surface area contributed by atoms with Gasteiger partial charge in [-0.05, 0) is 30.7 Å². The van der Waals surface area contributed by atoms with Crippen LogP contribution in [0.1, 0.15) is 12.5 Å². The molecular weight excluding hydrogens is 215 g/mol. The lowest BCUT2D eigenvalue weighted by Crippen LogP contribution is -2.32. The van der Waals surface area contributed by atoms with Crippen molar-refractivity contribution in [3.05, 3.63) is 41.2 Å². The van der Waals surface area contributed by atoms with E-state index >= 15 is 0 Å². The molecule has 0 N–H and O–H groups in total. The highest BCUT2D eigenvalue weighted by molar-refractivity contribution is 6.29. The molecule has 1 aliphatic rings. The number of nitrogens with zero attached hydrogens (tertiary/aromatic N) is 2. The van der Waals surface area contributed by atoms with Gasteiger partial charge in [-0.25, -0.2) is 9.37 Å². The molecule has 15 heavy (non-hydrogen) atoms. The average Bonchev–Trinajstić information content (AvgIpc) is 2.23. The monoisotopic (exact) mass is 224 g/mol. The molecule has 0 radical (unpaired) electrons. The molecule has 0 saturated heterocycles. The summed E-state index contributed by atoms with van der Waals surface area (Å²) in [6.45, 7) is 1.79. The molecule has 2 atom stereocenters. The second-order valence-electron chi connectivity index (χ2n) is 3.64. The first-order valence-electron chi connectivity index (χ1n) is 4.60. The number of pyridine rings is 1. The van der Waals surface area contributed by atoms with Crippen molar-refractivity contribution in [2.45, 2.75) is 18.6 Å². The zero-order valence-corrected chi connectivity index (χ0v) is 8.95. The van der Waals surface area contributed by atoms with Crippen LogP contribution in [0.25, 0.3) is 0 Å². The summed E-state index contributed by atoms with van der Waals surface area (Å²) in [5.74, 6) is 0. The lowest BCUT2D eigenvalue weighted by Gasteiger charge is -2.29. The number of aromatic nitrogens is 1. The van der Waals surface area contributed by atoms with Crippen LogP contribution in [0.2, 0.25) is 5.15 Å². The van der Waals surface area contributed by atoms with E-state index in [2.05, 4.69) is 9.98 Å². The van der Waals surface area contributed by atoms with E-state index in [1.165, 1.54) is 6.21 Å². The van der Waals surface area contributed by atoms with E-state index in [1.807, 2.05) is 0 Å². The summed E-state index contributed by atoms with van der Waals surface area (Å²) in [6.07, 6.45) is 5.29. The van der Waals surface area contributed by atoms with Crippen molar-refractivity contribution >= 4 is 17.8 Å². The Kier molecular flexibility index (Phi) is 2.57. The van der Waals surface area contributed by atoms with E-state index in [9.17, 15) is 4.39 Å². The van der Waals surface area contributed by atoms with Gasteiger partial charge in [0.05, 0.1) is 5.41 Å². The standard InChI is InChI=1S/C11H10ClFN2/c1-11(4-2-5-15-10(11)13)8-3-6-14-9(12)7-8/h2-7,10H,1H3. The number of halogens is 2. The molecule has 2 rings (SSSR count). The molecule has 78 valence electrons. The van der Waals surface area contributed by atoms with E-state index in [0.717, 1.165) is 5.56 Å². The molecule has 2 nitrogen and oxygen atoms in total. The first-order chi connectivity index (χ1) is 7.13. The van der Waals surface area contributed by atoms with Crippen molar-refractivity contribution in [3.63, 3.8) is 0 Å². The number of rotatable bonds is 1. The van der Waals surface area contributed by atoms with E-state index < -0.39 is 11.7 Å². The smallest absolute Gasteiger partial charge is 0.202 e. The average molecular weight is 225 g/mol. The van der Waals surface area contributed by atoms with Crippen molar-refractivity contribution < 1.29 is 4.39 Å². The summed E-state index contributed by atoms with van der Waals surface area (Å²) in [4.78, 5) is 7.62. The summed E-state index contributed by atoms with van der Waals surface area (Å²) >= 11 is 5.78. The Balaban J connectivity index is 2.45. The van der Waals surface area contributed by atoms with Gasteiger partial charge in [-0.1, -0.05) is 17.7 Å². The summed E-state index contributed by atoms with van der Waals surface area (Å²) < 4.78 is 13.7. The number of allylic oxidation sites excluding steroid dienone is 1. The van der Waals surface area contributed by atoms with Gasteiger partial charge in [0.1, 0.15) is 5.15 Å². The van der Waals surface area contributed by atoms with Gasteiger partial charge in [-0.2, -0.15) is 0 Å². The fourth-order valence-electron chi connectivity index (χ4n) is 1.57. The van der Waals surface area contributed by atoms with Gasteiger partial charge in [-0.3, -0.25) is 4.99 Å². The lowest BCUT2D eigenvalue weighted by atomic mass is 9.80. The summed E-state index contributed by atoms with van der Waals surface area (Å²) in [6, 6.07) is 3.42. The first-order valence-corrected chi connectivity index (χ1v) is 4.98. The minimum Gasteiger partial charge on any atom is -0.256 e. The van der Waals surface area contributed by atoms with Gasteiger partial charge in [0.2, 0.25) is 6.30 Å². The van der Waals surface area contributed by atoms with Gasteiger partial charge >= 0.3 is 0 Å². The highest BCUT2D eigenvalue weighted by atomic mass is 35.5. The maximum Gasteiger partial charge on any atom is 0.202 e. The van der Waals surface area contributed by atoms with E-state index in [0.29, 0.717) is 5.15 Å². The number of hydrogen-bond donors (Lipinski definition) is 0. The first kappa shape index (κ1) is 10.3. The molecule has 0 saturated carbocycles. The van der Waals surface area contributed by atoms with Crippen LogP contribution in [-0.4, -0.2) is 17.5 Å². The molecule has 1 aromatic rings. The molecule has 2 heterocycles. The van der Waals surface area contributed by atoms with Crippen LogP contribution in [0.4, 0.5) is 4.39 Å². The maximum atomic E-state index is 13.7. The Morgan fingerprint density at radius 1 is 1.53 bits per heavy atom. The van der Waals surface area contributed by atoms with Crippen LogP contribution in [-0.2, 0) is 5.41 Å². The maximum absolute atomic E-state index is 13.7. The summed E-state index contributed by atoms with van der Waals surface area (Å²) in [5, 5.41) is 0.365. The molecule has 0 aliphatic carbocycles. The third kappa shape index (κ3) is 1.79. The Morgan fingerprint density at radius 3 is 3.00 bits per heavy atom. The molecule has 1 aromatic heterocycles. The third-order valence-electron chi connectivity index (χ3n) is 2.59. The molecule has 0 spiro atoms. The van der Waals surface area contributed by atoms with Gasteiger partial charge in [0.25, 0.3) is 0 Å². The lowest BCUT2D eigenvalue weighted by molar-refractivity contribution is 0.248. The normalized spacial score (nSPS) is 29.4. The van der Waals surface area contributed by atoms with Crippen LogP contribution < -0.4 is 0 Å². The fourth-order valence-corrected chi connectivity index (χ4v) is 1.75. The summed E-state index contributed by atoms with van der Waals surface area (Å²) in [7, 11) is 0.